The van der Waals surface area contributed by atoms with Gasteiger partial charge in [-0.1, -0.05) is 72.8 Å². The second-order valence-corrected chi connectivity index (χ2v) is 24.4. The van der Waals surface area contributed by atoms with E-state index in [0.29, 0.717) is 26.2 Å². The van der Waals surface area contributed by atoms with E-state index in [2.05, 4.69) is 80.7 Å². The molecule has 0 aliphatic rings. The highest BCUT2D eigenvalue weighted by atomic mass is 28.4. The molecule has 0 saturated carbocycles. The smallest absolute Gasteiger partial charge is 0.192 e. The fourth-order valence-corrected chi connectivity index (χ4v) is 6.35. The Balaban J connectivity index is 3.01. The van der Waals surface area contributed by atoms with E-state index in [4.69, 9.17) is 23.1 Å². The second kappa shape index (κ2) is 16.7. The van der Waals surface area contributed by atoms with Crippen molar-refractivity contribution in [3.8, 4) is 5.75 Å². The van der Waals surface area contributed by atoms with Crippen molar-refractivity contribution in [2.75, 3.05) is 27.4 Å². The quantitative estimate of drug-likeness (QED) is 0.0968. The van der Waals surface area contributed by atoms with Gasteiger partial charge in [-0.15, -0.1) is 0 Å². The first kappa shape index (κ1) is 39.5. The van der Waals surface area contributed by atoms with Gasteiger partial charge in [-0.3, -0.25) is 4.79 Å². The molecule has 0 amide bonds. The van der Waals surface area contributed by atoms with E-state index in [9.17, 15) is 4.79 Å². The van der Waals surface area contributed by atoms with E-state index in [1.54, 1.807) is 14.2 Å². The van der Waals surface area contributed by atoms with Crippen LogP contribution in [0.3, 0.4) is 0 Å². The molecule has 0 heterocycles. The minimum Gasteiger partial charge on any atom is -0.497 e. The van der Waals surface area contributed by atoms with E-state index in [1.165, 1.54) is 0 Å². The molecule has 8 heteroatoms. The Morgan fingerprint density at radius 3 is 1.86 bits per heavy atom. The molecule has 3 atom stereocenters. The number of benzene rings is 1. The highest BCUT2D eigenvalue weighted by Crippen LogP contribution is 2.39. The molecule has 0 saturated heterocycles. The molecule has 0 fully saturated rings. The first-order valence-corrected chi connectivity index (χ1v) is 21.4. The zero-order valence-electron chi connectivity index (χ0n) is 30.0. The van der Waals surface area contributed by atoms with Crippen molar-refractivity contribution < 1.29 is 27.9 Å². The number of Topliss-reactive ketones (excluding diaryl/α,β-unsaturated/α-hetero) is 1. The Morgan fingerprint density at radius 1 is 0.837 bits per heavy atom. The van der Waals surface area contributed by atoms with Crippen molar-refractivity contribution in [2.24, 2.45) is 5.92 Å². The van der Waals surface area contributed by atoms with Crippen LogP contribution in [0.25, 0.3) is 0 Å². The lowest BCUT2D eigenvalue weighted by Gasteiger charge is -2.40. The summed E-state index contributed by atoms with van der Waals surface area (Å²) < 4.78 is 30.2. The summed E-state index contributed by atoms with van der Waals surface area (Å²) in [5.74, 6) is 0.619. The molecule has 1 aromatic rings. The first-order valence-electron chi connectivity index (χ1n) is 15.6. The van der Waals surface area contributed by atoms with Crippen LogP contribution in [-0.2, 0) is 29.7 Å². The fourth-order valence-electron chi connectivity index (χ4n) is 4.08. The van der Waals surface area contributed by atoms with Crippen molar-refractivity contribution in [3.05, 3.63) is 53.1 Å². The number of ether oxygens (including phenoxy) is 3. The highest BCUT2D eigenvalue weighted by Gasteiger charge is 2.41. The van der Waals surface area contributed by atoms with Crippen LogP contribution in [0.2, 0.25) is 36.3 Å². The Morgan fingerprint density at radius 2 is 1.37 bits per heavy atom. The van der Waals surface area contributed by atoms with E-state index in [1.807, 2.05) is 44.2 Å². The van der Waals surface area contributed by atoms with Gasteiger partial charge < -0.3 is 23.1 Å². The number of hydrogen-bond acceptors (Lipinski definition) is 6. The maximum Gasteiger partial charge on any atom is 0.192 e. The molecule has 6 nitrogen and oxygen atoms in total. The molecule has 43 heavy (non-hydrogen) atoms. The maximum absolute atomic E-state index is 13.8. The van der Waals surface area contributed by atoms with Crippen molar-refractivity contribution in [1.82, 2.24) is 0 Å². The van der Waals surface area contributed by atoms with Gasteiger partial charge in [0, 0.05) is 19.4 Å². The molecule has 0 aliphatic carbocycles. The topological polar surface area (TPSA) is 63.2 Å². The lowest BCUT2D eigenvalue weighted by atomic mass is 9.90. The van der Waals surface area contributed by atoms with Crippen LogP contribution in [0.5, 0.6) is 5.75 Å². The van der Waals surface area contributed by atoms with Gasteiger partial charge in [0.05, 0.1) is 39.1 Å². The van der Waals surface area contributed by atoms with E-state index in [0.717, 1.165) is 22.5 Å². The summed E-state index contributed by atoms with van der Waals surface area (Å²) in [6.07, 6.45) is 3.80. The van der Waals surface area contributed by atoms with E-state index < -0.39 is 16.6 Å². The first-order chi connectivity index (χ1) is 19.7. The molecule has 0 aromatic heterocycles. The number of hydrogen-bond donors (Lipinski definition) is 0. The minimum atomic E-state index is -2.14. The molecule has 0 spiro atoms. The summed E-state index contributed by atoms with van der Waals surface area (Å²) >= 11 is 0. The molecule has 0 unspecified atom stereocenters. The summed E-state index contributed by atoms with van der Waals surface area (Å²) in [5.41, 5.74) is 3.11. The summed E-state index contributed by atoms with van der Waals surface area (Å²) in [5, 5.41) is 0.163. The van der Waals surface area contributed by atoms with Crippen LogP contribution in [0.4, 0.5) is 0 Å². The SMILES string of the molecule is COc1ccc(COC/C=C(\C)[C@H](OC)[C@@H](C)C(=O)C[C@H](O[Si](C)(C)C(C)(C)C)/C(C)=C/CO[Si](C)(C)C(C)(C)C)cc1. The van der Waals surface area contributed by atoms with Crippen molar-refractivity contribution >= 4 is 22.4 Å². The molecule has 0 N–H and O–H groups in total. The van der Waals surface area contributed by atoms with Gasteiger partial charge in [0.1, 0.15) is 11.5 Å². The Kier molecular flexibility index (Phi) is 15.3. The van der Waals surface area contributed by atoms with Gasteiger partial charge in [-0.05, 0) is 79.0 Å². The minimum absolute atomic E-state index is 0.0258. The monoisotopic (exact) mass is 634 g/mol. The van der Waals surface area contributed by atoms with Crippen LogP contribution in [0.1, 0.15) is 74.3 Å². The molecule has 1 rings (SSSR count). The average molecular weight is 635 g/mol. The molecular formula is C35H62O6Si2. The molecule has 246 valence electrons. The number of methoxy groups -OCH3 is 2. The second-order valence-electron chi connectivity index (χ2n) is 14.8. The summed E-state index contributed by atoms with van der Waals surface area (Å²) in [6.45, 7) is 29.9. The molecular weight excluding hydrogens is 573 g/mol. The number of carbonyl (C=O) groups is 1. The normalized spacial score (nSPS) is 16.2. The number of ketones is 1. The standard InChI is InChI=1S/C35H62O6Si2/c1-26(21-23-40-42(12,13)34(4,5)6)32(41-43(14,15)35(7,8)9)24-31(36)28(3)33(38-11)27(2)20-22-39-25-29-16-18-30(37-10)19-17-29/h16-21,28,32-33H,22-25H2,1-15H3/b26-21+,27-20+/t28-,32-,33-/m0/s1. The Bertz CT molecular complexity index is 1060. The summed E-state index contributed by atoms with van der Waals surface area (Å²) in [6, 6.07) is 7.83. The highest BCUT2D eigenvalue weighted by molar-refractivity contribution is 6.74. The lowest BCUT2D eigenvalue weighted by Crippen LogP contribution is -2.45. The van der Waals surface area contributed by atoms with E-state index >= 15 is 0 Å². The molecule has 0 aliphatic heterocycles. The third kappa shape index (κ3) is 12.4. The van der Waals surface area contributed by atoms with Crippen molar-refractivity contribution in [3.63, 3.8) is 0 Å². The number of rotatable bonds is 17. The lowest BCUT2D eigenvalue weighted by molar-refractivity contribution is -0.127. The molecule has 0 bridgehead atoms. The van der Waals surface area contributed by atoms with Gasteiger partial charge in [-0.25, -0.2) is 0 Å². The zero-order valence-corrected chi connectivity index (χ0v) is 32.0. The van der Waals surface area contributed by atoms with Crippen LogP contribution in [0.15, 0.2) is 47.6 Å². The van der Waals surface area contributed by atoms with Crippen LogP contribution in [-0.4, -0.2) is 62.1 Å². The van der Waals surface area contributed by atoms with Crippen LogP contribution < -0.4 is 4.74 Å². The average Bonchev–Trinajstić information content (AvgIpc) is 2.89. The Hall–Kier alpha value is -1.56. The molecule has 1 aromatic carbocycles. The van der Waals surface area contributed by atoms with E-state index in [-0.39, 0.29) is 34.0 Å². The van der Waals surface area contributed by atoms with Gasteiger partial charge >= 0.3 is 0 Å². The van der Waals surface area contributed by atoms with Crippen LogP contribution >= 0.6 is 0 Å². The van der Waals surface area contributed by atoms with Crippen LogP contribution in [0, 0.1) is 5.92 Å². The summed E-state index contributed by atoms with van der Waals surface area (Å²) in [7, 11) is -0.708. The van der Waals surface area contributed by atoms with Gasteiger partial charge in [-0.2, -0.15) is 0 Å². The number of carbonyl (C=O) groups excluding carboxylic acids is 1. The van der Waals surface area contributed by atoms with Crippen molar-refractivity contribution in [1.29, 1.82) is 0 Å². The van der Waals surface area contributed by atoms with Crippen molar-refractivity contribution in [2.45, 2.75) is 124 Å². The third-order valence-electron chi connectivity index (χ3n) is 9.41. The maximum atomic E-state index is 13.8. The predicted octanol–water partition coefficient (Wildman–Crippen LogP) is 9.13. The largest absolute Gasteiger partial charge is 0.497 e. The molecule has 0 radical (unpaired) electrons. The summed E-state index contributed by atoms with van der Waals surface area (Å²) in [4.78, 5) is 13.8. The van der Waals surface area contributed by atoms with Gasteiger partial charge in [0.25, 0.3) is 0 Å². The Labute approximate surface area is 265 Å². The fraction of sp³-hybridized carbons (Fsp3) is 0.686. The predicted molar refractivity (Wildman–Crippen MR) is 185 cm³/mol. The van der Waals surface area contributed by atoms with Gasteiger partial charge in [0.15, 0.2) is 16.6 Å². The third-order valence-corrected chi connectivity index (χ3v) is 18.4. The van der Waals surface area contributed by atoms with Gasteiger partial charge in [0.2, 0.25) is 0 Å². The zero-order chi connectivity index (χ0) is 33.2.